The van der Waals surface area contributed by atoms with Gasteiger partial charge in [0.25, 0.3) is 5.91 Å². The number of methoxy groups -OCH3 is 1. The molecular formula is C27H39FN6O3. The molecule has 0 bridgehead atoms. The molecule has 37 heavy (non-hydrogen) atoms. The van der Waals surface area contributed by atoms with Crippen molar-refractivity contribution in [1.29, 1.82) is 0 Å². The van der Waals surface area contributed by atoms with E-state index in [1.54, 1.807) is 44.1 Å². The number of hydrogen-bond acceptors (Lipinski definition) is 8. The number of halogens is 1. The van der Waals surface area contributed by atoms with Crippen molar-refractivity contribution in [1.82, 2.24) is 14.9 Å². The molecule has 3 aliphatic rings. The van der Waals surface area contributed by atoms with Gasteiger partial charge in [-0.05, 0) is 78.1 Å². The first-order chi connectivity index (χ1) is 17.5. The Morgan fingerprint density at radius 3 is 2.70 bits per heavy atom. The van der Waals surface area contributed by atoms with Gasteiger partial charge in [-0.2, -0.15) is 4.98 Å². The van der Waals surface area contributed by atoms with Gasteiger partial charge in [-0.3, -0.25) is 9.69 Å². The fourth-order valence-corrected chi connectivity index (χ4v) is 5.47. The van der Waals surface area contributed by atoms with Crippen LogP contribution >= 0.6 is 0 Å². The van der Waals surface area contributed by atoms with Crippen LogP contribution in [0.2, 0.25) is 0 Å². The lowest BCUT2D eigenvalue weighted by Gasteiger charge is -2.44. The highest BCUT2D eigenvalue weighted by Gasteiger charge is 2.41. The van der Waals surface area contributed by atoms with Crippen molar-refractivity contribution in [2.75, 3.05) is 42.8 Å². The quantitative estimate of drug-likeness (QED) is 0.601. The summed E-state index contributed by atoms with van der Waals surface area (Å²) >= 11 is 0. The van der Waals surface area contributed by atoms with Crippen molar-refractivity contribution in [3.05, 3.63) is 30.2 Å². The maximum absolute atomic E-state index is 13.2. The largest absolute Gasteiger partial charge is 0.476 e. The third-order valence-electron chi connectivity index (χ3n) is 7.40. The van der Waals surface area contributed by atoms with E-state index in [9.17, 15) is 9.18 Å². The number of carbonyl (C=O) groups excluding carboxylic acids is 1. The summed E-state index contributed by atoms with van der Waals surface area (Å²) in [7, 11) is 1.57. The number of nitrogens with zero attached hydrogens (tertiary/aromatic N) is 4. The summed E-state index contributed by atoms with van der Waals surface area (Å²) in [5.41, 5.74) is 6.21. The van der Waals surface area contributed by atoms with Crippen molar-refractivity contribution in [3.63, 3.8) is 0 Å². The van der Waals surface area contributed by atoms with Crippen LogP contribution in [-0.4, -0.2) is 64.8 Å². The highest BCUT2D eigenvalue weighted by atomic mass is 19.1. The average molecular weight is 515 g/mol. The molecule has 0 aliphatic carbocycles. The average Bonchev–Trinajstić information content (AvgIpc) is 3.33. The van der Waals surface area contributed by atoms with Crippen LogP contribution in [0.5, 0.6) is 5.75 Å². The van der Waals surface area contributed by atoms with Gasteiger partial charge in [0.2, 0.25) is 5.95 Å². The standard InChI is InChI=1S/C17H20FN5O3.C10H19N/c1-17(2)15(24)23(6-7-25-3)12-8-10(4-5-13(12)26-17)21-16-20-9-11(18)14(19)22-16;1-10(2)7-3-5-9-6-4-8-11(9)10/h4-5,8-9H,6-7H2,1-3H3,(H3,19,20,21,22);9H,3-8H2,1-2H3. The molecule has 3 aliphatic heterocycles. The molecule has 4 heterocycles. The molecular weight excluding hydrogens is 475 g/mol. The lowest BCUT2D eigenvalue weighted by molar-refractivity contribution is -0.132. The lowest BCUT2D eigenvalue weighted by atomic mass is 9.87. The summed E-state index contributed by atoms with van der Waals surface area (Å²) in [5.74, 6) is -0.372. The summed E-state index contributed by atoms with van der Waals surface area (Å²) in [6.45, 7) is 10.4. The lowest BCUT2D eigenvalue weighted by Crippen LogP contribution is -2.53. The van der Waals surface area contributed by atoms with Gasteiger partial charge in [0.05, 0.1) is 18.5 Å². The van der Waals surface area contributed by atoms with Crippen molar-refractivity contribution in [2.24, 2.45) is 0 Å². The number of nitrogen functional groups attached to an aromatic ring is 1. The number of benzene rings is 1. The monoisotopic (exact) mass is 514 g/mol. The second-order valence-electron chi connectivity index (χ2n) is 11.0. The maximum Gasteiger partial charge on any atom is 0.270 e. The molecule has 3 N–H and O–H groups in total. The van der Waals surface area contributed by atoms with E-state index in [-0.39, 0.29) is 17.7 Å². The number of rotatable bonds is 5. The van der Waals surface area contributed by atoms with Gasteiger partial charge in [0, 0.05) is 30.9 Å². The van der Waals surface area contributed by atoms with E-state index in [4.69, 9.17) is 15.2 Å². The fraction of sp³-hybridized carbons (Fsp3) is 0.593. The second kappa shape index (κ2) is 10.8. The number of carbonyl (C=O) groups is 1. The fourth-order valence-electron chi connectivity index (χ4n) is 5.47. The number of amides is 1. The summed E-state index contributed by atoms with van der Waals surface area (Å²) in [6.07, 6.45) is 8.21. The summed E-state index contributed by atoms with van der Waals surface area (Å²) in [5, 5.41) is 2.94. The van der Waals surface area contributed by atoms with Gasteiger partial charge >= 0.3 is 0 Å². The molecule has 5 rings (SSSR count). The Labute approximate surface area is 218 Å². The molecule has 1 aromatic heterocycles. The number of ether oxygens (including phenoxy) is 2. The molecule has 1 amide bonds. The van der Waals surface area contributed by atoms with Crippen molar-refractivity contribution >= 4 is 29.0 Å². The zero-order chi connectivity index (χ0) is 26.8. The summed E-state index contributed by atoms with van der Waals surface area (Å²) in [6, 6.07) is 6.18. The number of hydrogen-bond donors (Lipinski definition) is 2. The van der Waals surface area contributed by atoms with Crippen LogP contribution in [0.25, 0.3) is 0 Å². The molecule has 1 aromatic carbocycles. The zero-order valence-electron chi connectivity index (χ0n) is 22.5. The molecule has 0 saturated carbocycles. The minimum absolute atomic E-state index is 0.149. The van der Waals surface area contributed by atoms with E-state index in [2.05, 4.69) is 34.0 Å². The molecule has 1 atom stereocenters. The Balaban J connectivity index is 0.000000241. The minimum atomic E-state index is -0.968. The first-order valence-corrected chi connectivity index (χ1v) is 13.0. The Morgan fingerprint density at radius 1 is 1.24 bits per heavy atom. The van der Waals surface area contributed by atoms with Crippen molar-refractivity contribution in [3.8, 4) is 5.75 Å². The molecule has 1 unspecified atom stereocenters. The number of nitrogens with two attached hydrogens (primary N) is 1. The molecule has 2 saturated heterocycles. The second-order valence-corrected chi connectivity index (χ2v) is 11.0. The van der Waals surface area contributed by atoms with Crippen LogP contribution in [0.4, 0.5) is 27.5 Å². The van der Waals surface area contributed by atoms with Gasteiger partial charge in [-0.25, -0.2) is 9.37 Å². The Bertz CT molecular complexity index is 1130. The van der Waals surface area contributed by atoms with Crippen LogP contribution in [0.15, 0.2) is 24.4 Å². The van der Waals surface area contributed by atoms with Gasteiger partial charge in [0.15, 0.2) is 17.2 Å². The third kappa shape index (κ3) is 5.96. The van der Waals surface area contributed by atoms with Gasteiger partial charge in [0.1, 0.15) is 5.75 Å². The van der Waals surface area contributed by atoms with E-state index in [1.165, 1.54) is 38.6 Å². The van der Waals surface area contributed by atoms with Gasteiger partial charge in [-0.1, -0.05) is 6.42 Å². The van der Waals surface area contributed by atoms with Crippen LogP contribution < -0.4 is 20.7 Å². The predicted molar refractivity (Wildman–Crippen MR) is 143 cm³/mol. The summed E-state index contributed by atoms with van der Waals surface area (Å²) < 4.78 is 24.1. The number of nitrogens with one attached hydrogen (secondary N) is 1. The molecule has 10 heteroatoms. The van der Waals surface area contributed by atoms with Gasteiger partial charge < -0.3 is 25.4 Å². The molecule has 9 nitrogen and oxygen atoms in total. The van der Waals surface area contributed by atoms with Crippen LogP contribution in [0.1, 0.15) is 59.8 Å². The highest BCUT2D eigenvalue weighted by molar-refractivity contribution is 6.02. The Hall–Kier alpha value is -2.98. The Morgan fingerprint density at radius 2 is 2.00 bits per heavy atom. The van der Waals surface area contributed by atoms with E-state index < -0.39 is 11.4 Å². The van der Waals surface area contributed by atoms with Crippen LogP contribution in [0.3, 0.4) is 0 Å². The van der Waals surface area contributed by atoms with E-state index >= 15 is 0 Å². The Kier molecular flexibility index (Phi) is 7.89. The minimum Gasteiger partial charge on any atom is -0.476 e. The topological polar surface area (TPSA) is 106 Å². The van der Waals surface area contributed by atoms with Crippen molar-refractivity contribution in [2.45, 2.75) is 77.0 Å². The smallest absolute Gasteiger partial charge is 0.270 e. The SMILES string of the molecule is CC1(C)CCCC2CCCN21.COCCN1C(=O)C(C)(C)Oc2ccc(Nc3ncc(F)c(N)n3)cc21. The third-order valence-corrected chi connectivity index (χ3v) is 7.40. The molecule has 0 radical (unpaired) electrons. The molecule has 202 valence electrons. The van der Waals surface area contributed by atoms with Gasteiger partial charge in [-0.15, -0.1) is 0 Å². The zero-order valence-corrected chi connectivity index (χ0v) is 22.5. The highest BCUT2D eigenvalue weighted by Crippen LogP contribution is 2.40. The van der Waals surface area contributed by atoms with E-state index in [1.807, 2.05) is 0 Å². The molecule has 2 fully saturated rings. The predicted octanol–water partition coefficient (Wildman–Crippen LogP) is 4.51. The number of aromatic nitrogens is 2. The number of anilines is 4. The molecule has 0 spiro atoms. The van der Waals surface area contributed by atoms with Crippen molar-refractivity contribution < 1.29 is 18.7 Å². The first kappa shape index (κ1) is 27.1. The molecule has 2 aromatic rings. The normalized spacial score (nSPS) is 21.8. The van der Waals surface area contributed by atoms with E-state index in [0.717, 1.165) is 12.2 Å². The number of piperidine rings is 1. The van der Waals surface area contributed by atoms with Crippen LogP contribution in [-0.2, 0) is 9.53 Å². The summed E-state index contributed by atoms with van der Waals surface area (Å²) in [4.78, 5) is 24.7. The maximum atomic E-state index is 13.2. The van der Waals surface area contributed by atoms with Crippen LogP contribution in [0, 0.1) is 5.82 Å². The number of fused-ring (bicyclic) bond motifs is 2. The van der Waals surface area contributed by atoms with E-state index in [0.29, 0.717) is 35.8 Å². The first-order valence-electron chi connectivity index (χ1n) is 13.0.